The van der Waals surface area contributed by atoms with Crippen LogP contribution in [0, 0.1) is 10.1 Å². The molecule has 0 saturated heterocycles. The van der Waals surface area contributed by atoms with Crippen molar-refractivity contribution in [1.29, 1.82) is 0 Å². The van der Waals surface area contributed by atoms with E-state index in [2.05, 4.69) is 4.74 Å². The Morgan fingerprint density at radius 1 is 1.88 bits per heavy atom. The molecule has 0 fully saturated rings. The number of nitrogens with zero attached hydrogens (tertiary/aromatic N) is 1. The lowest BCUT2D eigenvalue weighted by Gasteiger charge is -2.00. The van der Waals surface area contributed by atoms with Gasteiger partial charge in [-0.1, -0.05) is 0 Å². The molecule has 0 radical (unpaired) electrons. The Balaban J connectivity index is 3.24. The molecule has 0 aliphatic carbocycles. The third kappa shape index (κ3) is 3.55. The van der Waals surface area contributed by atoms with E-state index in [-0.39, 0.29) is 12.6 Å². The number of hydrogen-bond acceptors (Lipinski definition) is 3. The summed E-state index contributed by atoms with van der Waals surface area (Å²) >= 11 is 0. The minimum atomic E-state index is -0.395. The molecule has 4 nitrogen and oxygen atoms in total. The third-order valence-corrected chi connectivity index (χ3v) is 0.809. The predicted octanol–water partition coefficient (Wildman–Crippen LogP) is 0.298. The van der Waals surface area contributed by atoms with Gasteiger partial charge < -0.3 is 4.74 Å². The van der Waals surface area contributed by atoms with Crippen LogP contribution >= 0.6 is 0 Å². The Kier molecular flexibility index (Phi) is 3.10. The highest BCUT2D eigenvalue weighted by atomic mass is 16.6. The molecule has 0 heterocycles. The molecule has 4 heteroatoms. The maximum atomic E-state index is 9.69. The van der Waals surface area contributed by atoms with Crippen LogP contribution in [-0.4, -0.2) is 24.7 Å². The van der Waals surface area contributed by atoms with Gasteiger partial charge in [0.2, 0.25) is 6.54 Å². The molecule has 8 heavy (non-hydrogen) atoms. The average Bonchev–Trinajstić information content (AvgIpc) is 1.65. The van der Waals surface area contributed by atoms with Crippen LogP contribution in [0.25, 0.3) is 0 Å². The van der Waals surface area contributed by atoms with Crippen LogP contribution in [0.15, 0.2) is 0 Å². The first kappa shape index (κ1) is 7.36. The summed E-state index contributed by atoms with van der Waals surface area (Å²) < 4.78 is 4.62. The van der Waals surface area contributed by atoms with Gasteiger partial charge in [0.05, 0.1) is 0 Å². The molecule has 48 valence electrons. The normalized spacial score (nSPS) is 13.2. The first-order valence-electron chi connectivity index (χ1n) is 2.31. The lowest BCUT2D eigenvalue weighted by Crippen LogP contribution is -2.17. The van der Waals surface area contributed by atoms with Gasteiger partial charge in [0.1, 0.15) is 6.10 Å². The van der Waals surface area contributed by atoms with Crippen molar-refractivity contribution in [3.63, 3.8) is 0 Å². The number of hydrogen-bond donors (Lipinski definition) is 0. The molecule has 0 aliphatic rings. The van der Waals surface area contributed by atoms with Crippen molar-refractivity contribution in [2.45, 2.75) is 13.0 Å². The van der Waals surface area contributed by atoms with Gasteiger partial charge in [-0.05, 0) is 6.92 Å². The van der Waals surface area contributed by atoms with Gasteiger partial charge in [-0.25, -0.2) is 0 Å². The summed E-state index contributed by atoms with van der Waals surface area (Å²) in [6, 6.07) is 0. The topological polar surface area (TPSA) is 52.4 Å². The standard InChI is InChI=1S/C4H9NO3/c1-4(8-2)3-5(6)7/h4H,3H2,1-2H3. The van der Waals surface area contributed by atoms with E-state index >= 15 is 0 Å². The molecule has 0 bridgehead atoms. The minimum absolute atomic E-state index is 0.115. The molecule has 0 rings (SSSR count). The highest BCUT2D eigenvalue weighted by molar-refractivity contribution is 4.41. The van der Waals surface area contributed by atoms with Crippen molar-refractivity contribution in [3.8, 4) is 0 Å². The fraction of sp³-hybridized carbons (Fsp3) is 1.00. The zero-order chi connectivity index (χ0) is 6.57. The fourth-order valence-corrected chi connectivity index (χ4v) is 0.284. The van der Waals surface area contributed by atoms with Crippen molar-refractivity contribution in [2.24, 2.45) is 0 Å². The van der Waals surface area contributed by atoms with Crippen molar-refractivity contribution in [3.05, 3.63) is 10.1 Å². The largest absolute Gasteiger partial charge is 0.375 e. The average molecular weight is 119 g/mol. The van der Waals surface area contributed by atoms with E-state index < -0.39 is 4.92 Å². The molecular formula is C4H9NO3. The van der Waals surface area contributed by atoms with Crippen LogP contribution in [0.3, 0.4) is 0 Å². The van der Waals surface area contributed by atoms with Crippen molar-refractivity contribution in [2.75, 3.05) is 13.7 Å². The summed E-state index contributed by atoms with van der Waals surface area (Å²) in [6.07, 6.45) is -0.273. The summed E-state index contributed by atoms with van der Waals surface area (Å²) in [6.45, 7) is 1.54. The second-order valence-electron chi connectivity index (χ2n) is 1.56. The molecule has 0 spiro atoms. The Labute approximate surface area is 47.6 Å². The number of methoxy groups -OCH3 is 1. The summed E-state index contributed by atoms with van der Waals surface area (Å²) in [5, 5.41) is 9.69. The highest BCUT2D eigenvalue weighted by Crippen LogP contribution is 1.85. The second kappa shape index (κ2) is 3.37. The molecule has 0 N–H and O–H groups in total. The first-order chi connectivity index (χ1) is 3.66. The van der Waals surface area contributed by atoms with E-state index in [0.29, 0.717) is 0 Å². The summed E-state index contributed by atoms with van der Waals surface area (Å²) in [5.74, 6) is 0. The van der Waals surface area contributed by atoms with Gasteiger partial charge in [-0.2, -0.15) is 0 Å². The number of nitro groups is 1. The Morgan fingerprint density at radius 2 is 2.38 bits per heavy atom. The second-order valence-corrected chi connectivity index (χ2v) is 1.56. The number of ether oxygens (including phenoxy) is 1. The summed E-state index contributed by atoms with van der Waals surface area (Å²) in [5.41, 5.74) is 0. The zero-order valence-electron chi connectivity index (χ0n) is 4.96. The lowest BCUT2D eigenvalue weighted by molar-refractivity contribution is -0.490. The van der Waals surface area contributed by atoms with Crippen molar-refractivity contribution >= 4 is 0 Å². The van der Waals surface area contributed by atoms with E-state index in [9.17, 15) is 10.1 Å². The Morgan fingerprint density at radius 3 is 2.50 bits per heavy atom. The Bertz CT molecular complexity index is 83.4. The van der Waals surface area contributed by atoms with E-state index in [1.807, 2.05) is 0 Å². The maximum Gasteiger partial charge on any atom is 0.229 e. The summed E-state index contributed by atoms with van der Waals surface area (Å²) in [4.78, 5) is 9.30. The van der Waals surface area contributed by atoms with Crippen molar-refractivity contribution in [1.82, 2.24) is 0 Å². The molecule has 0 aromatic heterocycles. The van der Waals surface area contributed by atoms with Gasteiger partial charge in [0.15, 0.2) is 0 Å². The van der Waals surface area contributed by atoms with Crippen molar-refractivity contribution < 1.29 is 9.66 Å². The van der Waals surface area contributed by atoms with E-state index in [4.69, 9.17) is 0 Å². The van der Waals surface area contributed by atoms with E-state index in [1.165, 1.54) is 7.11 Å². The van der Waals surface area contributed by atoms with E-state index in [1.54, 1.807) is 6.92 Å². The molecule has 0 amide bonds. The molecule has 1 atom stereocenters. The molecular weight excluding hydrogens is 110 g/mol. The van der Waals surface area contributed by atoms with Crippen LogP contribution in [0.4, 0.5) is 0 Å². The maximum absolute atomic E-state index is 9.69. The molecule has 0 aromatic carbocycles. The Hall–Kier alpha value is -0.640. The smallest absolute Gasteiger partial charge is 0.229 e. The van der Waals surface area contributed by atoms with Gasteiger partial charge in [0.25, 0.3) is 0 Å². The van der Waals surface area contributed by atoms with Crippen LogP contribution in [-0.2, 0) is 4.74 Å². The molecule has 0 aromatic rings. The van der Waals surface area contributed by atoms with Gasteiger partial charge in [0, 0.05) is 12.0 Å². The van der Waals surface area contributed by atoms with Crippen LogP contribution in [0.5, 0.6) is 0 Å². The lowest BCUT2D eigenvalue weighted by atomic mass is 10.4. The zero-order valence-corrected chi connectivity index (χ0v) is 4.96. The minimum Gasteiger partial charge on any atom is -0.375 e. The van der Waals surface area contributed by atoms with Crippen LogP contribution < -0.4 is 0 Å². The fourth-order valence-electron chi connectivity index (χ4n) is 0.284. The van der Waals surface area contributed by atoms with Crippen LogP contribution in [0.1, 0.15) is 6.92 Å². The predicted molar refractivity (Wildman–Crippen MR) is 28.3 cm³/mol. The SMILES string of the molecule is COC(C)C[N+](=O)[O-]. The van der Waals surface area contributed by atoms with Crippen LogP contribution in [0.2, 0.25) is 0 Å². The first-order valence-corrected chi connectivity index (χ1v) is 2.31. The highest BCUT2D eigenvalue weighted by Gasteiger charge is 2.05. The van der Waals surface area contributed by atoms with Gasteiger partial charge in [-0.3, -0.25) is 10.1 Å². The third-order valence-electron chi connectivity index (χ3n) is 0.809. The monoisotopic (exact) mass is 119 g/mol. The van der Waals surface area contributed by atoms with Gasteiger partial charge in [-0.15, -0.1) is 0 Å². The molecule has 0 aliphatic heterocycles. The summed E-state index contributed by atoms with van der Waals surface area (Å²) in [7, 11) is 1.45. The van der Waals surface area contributed by atoms with E-state index in [0.717, 1.165) is 0 Å². The number of rotatable bonds is 3. The van der Waals surface area contributed by atoms with Gasteiger partial charge >= 0.3 is 0 Å². The molecule has 0 saturated carbocycles. The quantitative estimate of drug-likeness (QED) is 0.396. The molecule has 1 unspecified atom stereocenters.